The first-order valence-corrected chi connectivity index (χ1v) is 7.13. The predicted octanol–water partition coefficient (Wildman–Crippen LogP) is 1.80. The van der Waals surface area contributed by atoms with Crippen molar-refractivity contribution < 1.29 is 4.79 Å². The molecule has 1 aliphatic heterocycles. The van der Waals surface area contributed by atoms with Crippen LogP contribution >= 0.6 is 0 Å². The van der Waals surface area contributed by atoms with E-state index < -0.39 is 0 Å². The van der Waals surface area contributed by atoms with E-state index in [0.717, 1.165) is 56.1 Å². The molecule has 0 aliphatic carbocycles. The highest BCUT2D eigenvalue weighted by molar-refractivity contribution is 5.78. The van der Waals surface area contributed by atoms with Crippen molar-refractivity contribution in [2.45, 2.75) is 46.5 Å². The van der Waals surface area contributed by atoms with Crippen LogP contribution in [0, 0.1) is 5.92 Å². The summed E-state index contributed by atoms with van der Waals surface area (Å²) in [7, 11) is 0. The van der Waals surface area contributed by atoms with Crippen LogP contribution in [-0.4, -0.2) is 34.1 Å². The summed E-state index contributed by atoms with van der Waals surface area (Å²) >= 11 is 0. The van der Waals surface area contributed by atoms with Crippen LogP contribution < -0.4 is 4.90 Å². The SMILES string of the molecule is CCc1nnc(N2CCC(C(C)=O)CC2)nc1CC. The van der Waals surface area contributed by atoms with Gasteiger partial charge in [0.15, 0.2) is 0 Å². The number of anilines is 1. The standard InChI is InChI=1S/C14H22N4O/c1-4-12-13(5-2)16-17-14(15-12)18-8-6-11(7-9-18)10(3)19/h11H,4-9H2,1-3H3. The van der Waals surface area contributed by atoms with Gasteiger partial charge in [0.25, 0.3) is 0 Å². The fraction of sp³-hybridized carbons (Fsp3) is 0.714. The lowest BCUT2D eigenvalue weighted by molar-refractivity contribution is -0.121. The van der Waals surface area contributed by atoms with Gasteiger partial charge in [-0.05, 0) is 32.6 Å². The van der Waals surface area contributed by atoms with Gasteiger partial charge in [0.1, 0.15) is 5.78 Å². The summed E-state index contributed by atoms with van der Waals surface area (Å²) in [5, 5.41) is 8.51. The molecule has 0 bridgehead atoms. The smallest absolute Gasteiger partial charge is 0.245 e. The van der Waals surface area contributed by atoms with Gasteiger partial charge >= 0.3 is 0 Å². The fourth-order valence-electron chi connectivity index (χ4n) is 2.55. The molecular formula is C14H22N4O. The van der Waals surface area contributed by atoms with Crippen molar-refractivity contribution in [1.29, 1.82) is 0 Å². The Morgan fingerprint density at radius 3 is 2.32 bits per heavy atom. The fourth-order valence-corrected chi connectivity index (χ4v) is 2.55. The molecule has 0 amide bonds. The van der Waals surface area contributed by atoms with E-state index in [1.165, 1.54) is 0 Å². The molecule has 0 saturated carbocycles. The molecule has 2 heterocycles. The number of Topliss-reactive ketones (excluding diaryl/α,β-unsaturated/α-hetero) is 1. The lowest BCUT2D eigenvalue weighted by Crippen LogP contribution is -2.37. The first kappa shape index (κ1) is 13.9. The Bertz CT molecular complexity index is 453. The number of carbonyl (C=O) groups is 1. The zero-order chi connectivity index (χ0) is 13.8. The highest BCUT2D eigenvalue weighted by Crippen LogP contribution is 2.21. The van der Waals surface area contributed by atoms with E-state index in [2.05, 4.69) is 33.9 Å². The Morgan fingerprint density at radius 1 is 1.16 bits per heavy atom. The van der Waals surface area contributed by atoms with Gasteiger partial charge < -0.3 is 4.90 Å². The monoisotopic (exact) mass is 262 g/mol. The number of rotatable bonds is 4. The van der Waals surface area contributed by atoms with Crippen molar-refractivity contribution in [1.82, 2.24) is 15.2 Å². The highest BCUT2D eigenvalue weighted by atomic mass is 16.1. The third-order valence-corrected chi connectivity index (χ3v) is 3.85. The van der Waals surface area contributed by atoms with E-state index in [0.29, 0.717) is 5.78 Å². The van der Waals surface area contributed by atoms with E-state index >= 15 is 0 Å². The van der Waals surface area contributed by atoms with Crippen molar-refractivity contribution in [3.05, 3.63) is 11.4 Å². The zero-order valence-corrected chi connectivity index (χ0v) is 12.0. The van der Waals surface area contributed by atoms with Gasteiger partial charge in [-0.25, -0.2) is 4.98 Å². The highest BCUT2D eigenvalue weighted by Gasteiger charge is 2.24. The zero-order valence-electron chi connectivity index (χ0n) is 12.0. The molecule has 1 aromatic rings. The van der Waals surface area contributed by atoms with Gasteiger partial charge in [0.05, 0.1) is 11.4 Å². The van der Waals surface area contributed by atoms with Crippen LogP contribution in [0.1, 0.15) is 45.0 Å². The summed E-state index contributed by atoms with van der Waals surface area (Å²) in [6, 6.07) is 0. The maximum Gasteiger partial charge on any atom is 0.245 e. The lowest BCUT2D eigenvalue weighted by atomic mass is 9.93. The van der Waals surface area contributed by atoms with E-state index in [9.17, 15) is 4.79 Å². The Kier molecular flexibility index (Phi) is 4.45. The number of carbonyl (C=O) groups excluding carboxylic acids is 1. The van der Waals surface area contributed by atoms with Crippen LogP contribution in [0.2, 0.25) is 0 Å². The normalized spacial score (nSPS) is 16.7. The molecule has 1 fully saturated rings. The van der Waals surface area contributed by atoms with Gasteiger partial charge in [0, 0.05) is 19.0 Å². The maximum absolute atomic E-state index is 11.4. The van der Waals surface area contributed by atoms with Gasteiger partial charge in [0.2, 0.25) is 5.95 Å². The Balaban J connectivity index is 2.09. The molecular weight excluding hydrogens is 240 g/mol. The molecule has 1 aromatic heterocycles. The van der Waals surface area contributed by atoms with Crippen LogP contribution in [0.4, 0.5) is 5.95 Å². The van der Waals surface area contributed by atoms with Gasteiger partial charge in [-0.1, -0.05) is 13.8 Å². The molecule has 1 aliphatic rings. The molecule has 0 atom stereocenters. The summed E-state index contributed by atoms with van der Waals surface area (Å²) in [5.74, 6) is 1.23. The second kappa shape index (κ2) is 6.08. The number of aromatic nitrogens is 3. The first-order chi connectivity index (χ1) is 9.15. The molecule has 0 N–H and O–H groups in total. The molecule has 0 unspecified atom stereocenters. The van der Waals surface area contributed by atoms with Crippen LogP contribution in [0.25, 0.3) is 0 Å². The van der Waals surface area contributed by atoms with E-state index in [1.54, 1.807) is 6.92 Å². The number of ketones is 1. The van der Waals surface area contributed by atoms with Crippen LogP contribution in [0.3, 0.4) is 0 Å². The molecule has 19 heavy (non-hydrogen) atoms. The number of piperidine rings is 1. The van der Waals surface area contributed by atoms with E-state index in [-0.39, 0.29) is 5.92 Å². The summed E-state index contributed by atoms with van der Waals surface area (Å²) in [5.41, 5.74) is 2.03. The largest absolute Gasteiger partial charge is 0.339 e. The van der Waals surface area contributed by atoms with Gasteiger partial charge in [-0.2, -0.15) is 5.10 Å². The van der Waals surface area contributed by atoms with Crippen LogP contribution in [0.5, 0.6) is 0 Å². The molecule has 1 saturated heterocycles. The number of nitrogens with zero attached hydrogens (tertiary/aromatic N) is 4. The van der Waals surface area contributed by atoms with Crippen molar-refractivity contribution in [3.8, 4) is 0 Å². The Hall–Kier alpha value is -1.52. The third kappa shape index (κ3) is 3.08. The van der Waals surface area contributed by atoms with Gasteiger partial charge in [-0.3, -0.25) is 4.79 Å². The Labute approximate surface area is 114 Å². The minimum atomic E-state index is 0.213. The molecule has 5 heteroatoms. The predicted molar refractivity (Wildman–Crippen MR) is 74.2 cm³/mol. The molecule has 0 spiro atoms. The van der Waals surface area contributed by atoms with E-state index in [1.807, 2.05) is 0 Å². The third-order valence-electron chi connectivity index (χ3n) is 3.85. The van der Waals surface area contributed by atoms with Crippen molar-refractivity contribution in [2.75, 3.05) is 18.0 Å². The minimum Gasteiger partial charge on any atom is -0.339 e. The maximum atomic E-state index is 11.4. The topological polar surface area (TPSA) is 59.0 Å². The molecule has 2 rings (SSSR count). The summed E-state index contributed by atoms with van der Waals surface area (Å²) < 4.78 is 0. The minimum absolute atomic E-state index is 0.213. The molecule has 0 aromatic carbocycles. The summed E-state index contributed by atoms with van der Waals surface area (Å²) in [6.45, 7) is 7.54. The van der Waals surface area contributed by atoms with Crippen molar-refractivity contribution in [2.24, 2.45) is 5.92 Å². The molecule has 0 radical (unpaired) electrons. The quantitative estimate of drug-likeness (QED) is 0.828. The number of aryl methyl sites for hydroxylation is 2. The van der Waals surface area contributed by atoms with Gasteiger partial charge in [-0.15, -0.1) is 5.10 Å². The van der Waals surface area contributed by atoms with Crippen molar-refractivity contribution in [3.63, 3.8) is 0 Å². The Morgan fingerprint density at radius 2 is 1.79 bits per heavy atom. The van der Waals surface area contributed by atoms with Crippen LogP contribution in [0.15, 0.2) is 0 Å². The average Bonchev–Trinajstić information content (AvgIpc) is 2.46. The molecule has 104 valence electrons. The van der Waals surface area contributed by atoms with Crippen LogP contribution in [-0.2, 0) is 17.6 Å². The average molecular weight is 262 g/mol. The lowest BCUT2D eigenvalue weighted by Gasteiger charge is -2.30. The first-order valence-electron chi connectivity index (χ1n) is 7.13. The van der Waals surface area contributed by atoms with E-state index in [4.69, 9.17) is 0 Å². The van der Waals surface area contributed by atoms with Crippen molar-refractivity contribution >= 4 is 11.7 Å². The second-order valence-corrected chi connectivity index (χ2v) is 5.08. The summed E-state index contributed by atoms with van der Waals surface area (Å²) in [6.07, 6.45) is 3.55. The second-order valence-electron chi connectivity index (χ2n) is 5.08. The summed E-state index contributed by atoms with van der Waals surface area (Å²) in [4.78, 5) is 18.1. The number of hydrogen-bond acceptors (Lipinski definition) is 5. The molecule has 5 nitrogen and oxygen atoms in total. The number of hydrogen-bond donors (Lipinski definition) is 0.